The molecule has 2 N–H and O–H groups in total. The second kappa shape index (κ2) is 5.83. The minimum absolute atomic E-state index is 0.102. The van der Waals surface area contributed by atoms with E-state index in [9.17, 15) is 14.9 Å². The van der Waals surface area contributed by atoms with Gasteiger partial charge in [0, 0.05) is 25.3 Å². The zero-order valence-corrected chi connectivity index (χ0v) is 10.5. The molecule has 1 aliphatic rings. The minimum atomic E-state index is -0.527. The van der Waals surface area contributed by atoms with Crippen LogP contribution in [0.15, 0.2) is 12.3 Å². The number of nitrogens with one attached hydrogen (secondary N) is 1. The number of hydrogen-bond donors (Lipinski definition) is 2. The van der Waals surface area contributed by atoms with Crippen LogP contribution in [-0.2, 0) is 0 Å². The third kappa shape index (κ3) is 2.93. The smallest absolute Gasteiger partial charge is 0.287 e. The summed E-state index contributed by atoms with van der Waals surface area (Å²) < 4.78 is 0. The summed E-state index contributed by atoms with van der Waals surface area (Å²) >= 11 is 0. The van der Waals surface area contributed by atoms with Crippen LogP contribution in [0.4, 0.5) is 5.69 Å². The van der Waals surface area contributed by atoms with Gasteiger partial charge in [0.25, 0.3) is 11.6 Å². The fourth-order valence-electron chi connectivity index (χ4n) is 2.50. The molecule has 1 amide bonds. The zero-order valence-electron chi connectivity index (χ0n) is 10.5. The molecule has 0 aliphatic carbocycles. The summed E-state index contributed by atoms with van der Waals surface area (Å²) in [5, 5.41) is 19.4. The number of rotatable bonds is 5. The maximum absolute atomic E-state index is 12.3. The van der Waals surface area contributed by atoms with Gasteiger partial charge in [-0.2, -0.15) is 0 Å². The highest BCUT2D eigenvalue weighted by atomic mass is 16.6. The van der Waals surface area contributed by atoms with E-state index in [2.05, 4.69) is 4.98 Å². The van der Waals surface area contributed by atoms with Gasteiger partial charge < -0.3 is 15.0 Å². The van der Waals surface area contributed by atoms with Crippen molar-refractivity contribution in [2.45, 2.75) is 31.7 Å². The zero-order chi connectivity index (χ0) is 13.8. The molecule has 7 nitrogen and oxygen atoms in total. The number of aromatic nitrogens is 1. The van der Waals surface area contributed by atoms with Gasteiger partial charge in [-0.1, -0.05) is 0 Å². The molecule has 2 rings (SSSR count). The third-order valence-electron chi connectivity index (χ3n) is 3.44. The summed E-state index contributed by atoms with van der Waals surface area (Å²) in [5.41, 5.74) is 0.150. The van der Waals surface area contributed by atoms with Gasteiger partial charge in [-0.25, -0.2) is 0 Å². The van der Waals surface area contributed by atoms with Gasteiger partial charge in [0.15, 0.2) is 0 Å². The average Bonchev–Trinajstić information content (AvgIpc) is 3.04. The van der Waals surface area contributed by atoms with Crippen LogP contribution in [0.1, 0.15) is 36.2 Å². The number of aliphatic hydroxyl groups excluding tert-OH is 1. The molecule has 1 atom stereocenters. The molecule has 7 heteroatoms. The molecule has 0 aromatic carbocycles. The van der Waals surface area contributed by atoms with Crippen LogP contribution >= 0.6 is 0 Å². The Bertz CT molecular complexity index is 471. The topological polar surface area (TPSA) is 99.5 Å². The molecular weight excluding hydrogens is 250 g/mol. The summed E-state index contributed by atoms with van der Waals surface area (Å²) in [6.07, 6.45) is 4.52. The largest absolute Gasteiger partial charge is 0.396 e. The highest BCUT2D eigenvalue weighted by molar-refractivity contribution is 5.93. The lowest BCUT2D eigenvalue weighted by Gasteiger charge is -2.23. The van der Waals surface area contributed by atoms with Gasteiger partial charge >= 0.3 is 0 Å². The number of carbonyl (C=O) groups is 1. The van der Waals surface area contributed by atoms with Gasteiger partial charge in [0.1, 0.15) is 5.69 Å². The highest BCUT2D eigenvalue weighted by Crippen LogP contribution is 2.24. The Morgan fingerprint density at radius 2 is 2.42 bits per heavy atom. The van der Waals surface area contributed by atoms with Crippen LogP contribution in [0.2, 0.25) is 0 Å². The molecular formula is C12H17N3O4. The van der Waals surface area contributed by atoms with E-state index in [-0.39, 0.29) is 29.9 Å². The number of H-pyrrole nitrogens is 1. The molecule has 1 aromatic rings. The van der Waals surface area contributed by atoms with E-state index in [0.29, 0.717) is 13.0 Å². The fraction of sp³-hybridized carbons (Fsp3) is 0.583. The maximum Gasteiger partial charge on any atom is 0.287 e. The van der Waals surface area contributed by atoms with Crippen molar-refractivity contribution in [3.63, 3.8) is 0 Å². The first kappa shape index (κ1) is 13.5. The number of nitrogens with zero attached hydrogens (tertiary/aromatic N) is 2. The van der Waals surface area contributed by atoms with Crippen LogP contribution in [0, 0.1) is 10.1 Å². The minimum Gasteiger partial charge on any atom is -0.396 e. The highest BCUT2D eigenvalue weighted by Gasteiger charge is 2.30. The van der Waals surface area contributed by atoms with Crippen LogP contribution in [0.25, 0.3) is 0 Å². The predicted octanol–water partition coefficient (Wildman–Crippen LogP) is 1.30. The Labute approximate surface area is 110 Å². The van der Waals surface area contributed by atoms with Crippen molar-refractivity contribution < 1.29 is 14.8 Å². The lowest BCUT2D eigenvalue weighted by atomic mass is 10.1. The Kier molecular flexibility index (Phi) is 4.16. The number of aromatic amines is 1. The van der Waals surface area contributed by atoms with Crippen molar-refractivity contribution >= 4 is 11.6 Å². The molecule has 19 heavy (non-hydrogen) atoms. The number of hydrogen-bond acceptors (Lipinski definition) is 4. The van der Waals surface area contributed by atoms with Crippen molar-refractivity contribution in [3.05, 3.63) is 28.1 Å². The molecule has 0 spiro atoms. The lowest BCUT2D eigenvalue weighted by Crippen LogP contribution is -2.35. The second-order valence-electron chi connectivity index (χ2n) is 4.69. The van der Waals surface area contributed by atoms with Gasteiger partial charge in [0.2, 0.25) is 0 Å². The quantitative estimate of drug-likeness (QED) is 0.620. The summed E-state index contributed by atoms with van der Waals surface area (Å²) in [6, 6.07) is 1.39. The molecule has 104 valence electrons. The van der Waals surface area contributed by atoms with Crippen molar-refractivity contribution in [2.24, 2.45) is 0 Å². The number of likely N-dealkylation sites (tertiary alicyclic amines) is 1. The van der Waals surface area contributed by atoms with Crippen LogP contribution < -0.4 is 0 Å². The summed E-state index contributed by atoms with van der Waals surface area (Å²) in [4.78, 5) is 26.7. The van der Waals surface area contributed by atoms with E-state index in [0.717, 1.165) is 19.3 Å². The van der Waals surface area contributed by atoms with Gasteiger partial charge in [-0.05, 0) is 25.7 Å². The average molecular weight is 267 g/mol. The summed E-state index contributed by atoms with van der Waals surface area (Å²) in [7, 11) is 0. The molecule has 0 radical (unpaired) electrons. The molecule has 1 unspecified atom stereocenters. The van der Waals surface area contributed by atoms with Gasteiger partial charge in [-0.3, -0.25) is 14.9 Å². The Balaban J connectivity index is 2.07. The van der Waals surface area contributed by atoms with E-state index in [1.165, 1.54) is 12.3 Å². The van der Waals surface area contributed by atoms with Crippen LogP contribution in [-0.4, -0.2) is 45.0 Å². The molecule has 1 fully saturated rings. The number of amides is 1. The Morgan fingerprint density at radius 3 is 3.05 bits per heavy atom. The normalized spacial score (nSPS) is 18.8. The monoisotopic (exact) mass is 267 g/mol. The van der Waals surface area contributed by atoms with Crippen molar-refractivity contribution in [1.29, 1.82) is 0 Å². The van der Waals surface area contributed by atoms with E-state index in [1.807, 2.05) is 0 Å². The standard InChI is InChI=1S/C12H17N3O4/c16-6-2-4-9-3-1-5-14(9)12(17)11-7-10(8-13-11)15(18)19/h7-9,13,16H,1-6H2. The summed E-state index contributed by atoms with van der Waals surface area (Å²) in [6.45, 7) is 0.786. The van der Waals surface area contributed by atoms with E-state index >= 15 is 0 Å². The molecule has 1 aliphatic heterocycles. The van der Waals surface area contributed by atoms with E-state index < -0.39 is 4.92 Å². The Hall–Kier alpha value is -1.89. The Morgan fingerprint density at radius 1 is 1.63 bits per heavy atom. The third-order valence-corrected chi connectivity index (χ3v) is 3.44. The van der Waals surface area contributed by atoms with Gasteiger partial charge in [-0.15, -0.1) is 0 Å². The predicted molar refractivity (Wildman–Crippen MR) is 67.8 cm³/mol. The molecule has 2 heterocycles. The lowest BCUT2D eigenvalue weighted by molar-refractivity contribution is -0.384. The molecule has 0 saturated carbocycles. The first-order chi connectivity index (χ1) is 9.13. The second-order valence-corrected chi connectivity index (χ2v) is 4.69. The van der Waals surface area contributed by atoms with Crippen LogP contribution in [0.3, 0.4) is 0 Å². The van der Waals surface area contributed by atoms with Crippen molar-refractivity contribution in [2.75, 3.05) is 13.2 Å². The number of aliphatic hydroxyl groups is 1. The van der Waals surface area contributed by atoms with Crippen molar-refractivity contribution in [1.82, 2.24) is 9.88 Å². The summed E-state index contributed by atoms with van der Waals surface area (Å²) in [5.74, 6) is -0.200. The first-order valence-corrected chi connectivity index (χ1v) is 6.38. The number of carbonyl (C=O) groups excluding carboxylic acids is 1. The SMILES string of the molecule is O=C(c1cc([N+](=O)[O-])c[nH]1)N1CCCC1CCCO. The maximum atomic E-state index is 12.3. The molecule has 1 saturated heterocycles. The van der Waals surface area contributed by atoms with Crippen molar-refractivity contribution in [3.8, 4) is 0 Å². The molecule has 1 aromatic heterocycles. The van der Waals surface area contributed by atoms with Crippen LogP contribution in [0.5, 0.6) is 0 Å². The van der Waals surface area contributed by atoms with E-state index in [1.54, 1.807) is 4.90 Å². The molecule has 0 bridgehead atoms. The first-order valence-electron chi connectivity index (χ1n) is 6.38. The van der Waals surface area contributed by atoms with Gasteiger partial charge in [0.05, 0.1) is 11.1 Å². The fourth-order valence-corrected chi connectivity index (χ4v) is 2.50. The number of nitro groups is 1. The van der Waals surface area contributed by atoms with E-state index in [4.69, 9.17) is 5.11 Å².